The van der Waals surface area contributed by atoms with Gasteiger partial charge in [-0.1, -0.05) is 0 Å². The van der Waals surface area contributed by atoms with Crippen molar-refractivity contribution in [3.05, 3.63) is 12.1 Å². The summed E-state index contributed by atoms with van der Waals surface area (Å²) in [6.07, 6.45) is -4.41. The fourth-order valence-electron chi connectivity index (χ4n) is 3.42. The van der Waals surface area contributed by atoms with E-state index in [9.17, 15) is 13.2 Å². The number of rotatable bonds is 3. The van der Waals surface area contributed by atoms with Crippen LogP contribution < -0.4 is 14.5 Å². The first-order valence-corrected chi connectivity index (χ1v) is 9.51. The minimum atomic E-state index is -4.41. The summed E-state index contributed by atoms with van der Waals surface area (Å²) in [6, 6.07) is 1.88. The Hall–Kier alpha value is -1.74. The van der Waals surface area contributed by atoms with Gasteiger partial charge in [0.1, 0.15) is 17.5 Å². The van der Waals surface area contributed by atoms with Crippen LogP contribution in [0.1, 0.15) is 27.7 Å². The Balaban J connectivity index is 2.01. The molecule has 0 N–H and O–H groups in total. The van der Waals surface area contributed by atoms with E-state index < -0.39 is 24.4 Å². The third kappa shape index (κ3) is 5.00. The van der Waals surface area contributed by atoms with Crippen LogP contribution in [0.25, 0.3) is 0 Å². The van der Waals surface area contributed by atoms with Crippen LogP contribution in [0.3, 0.4) is 0 Å². The zero-order valence-corrected chi connectivity index (χ0v) is 16.8. The maximum absolute atomic E-state index is 13.6. The number of anilines is 2. The first-order valence-electron chi connectivity index (χ1n) is 9.51. The van der Waals surface area contributed by atoms with E-state index in [0.29, 0.717) is 25.6 Å². The Bertz CT molecular complexity index is 679. The van der Waals surface area contributed by atoms with Gasteiger partial charge in [-0.25, -0.2) is 0 Å². The van der Waals surface area contributed by atoms with E-state index >= 15 is 0 Å². The van der Waals surface area contributed by atoms with Gasteiger partial charge >= 0.3 is 6.18 Å². The third-order valence-corrected chi connectivity index (χ3v) is 4.68. The summed E-state index contributed by atoms with van der Waals surface area (Å²) in [6.45, 7) is 9.40. The predicted octanol–water partition coefficient (Wildman–Crippen LogP) is 3.25. The quantitative estimate of drug-likeness (QED) is 0.772. The van der Waals surface area contributed by atoms with Gasteiger partial charge in [0.2, 0.25) is 5.88 Å². The number of aromatic nitrogens is 1. The molecule has 2 aliphatic rings. The van der Waals surface area contributed by atoms with Crippen LogP contribution in [0.4, 0.5) is 24.7 Å². The lowest BCUT2D eigenvalue weighted by Gasteiger charge is -2.39. The Morgan fingerprint density at radius 1 is 1.04 bits per heavy atom. The number of nitrogens with zero attached hydrogens (tertiary/aromatic N) is 3. The Kier molecular flexibility index (Phi) is 5.95. The number of morpholine rings is 2. The molecule has 2 aliphatic heterocycles. The van der Waals surface area contributed by atoms with E-state index in [1.54, 1.807) is 12.1 Å². The summed E-state index contributed by atoms with van der Waals surface area (Å²) >= 11 is 0. The Labute approximate surface area is 163 Å². The fraction of sp³-hybridized carbons (Fsp3) is 0.737. The van der Waals surface area contributed by atoms with Crippen molar-refractivity contribution < 1.29 is 27.4 Å². The normalized spacial score (nSPS) is 24.4. The van der Waals surface area contributed by atoms with Gasteiger partial charge in [-0.3, -0.25) is 0 Å². The Morgan fingerprint density at radius 3 is 2.29 bits per heavy atom. The molecule has 3 rings (SSSR count). The highest BCUT2D eigenvalue weighted by molar-refractivity contribution is 5.59. The van der Waals surface area contributed by atoms with Crippen LogP contribution in [-0.4, -0.2) is 68.4 Å². The van der Waals surface area contributed by atoms with Gasteiger partial charge in [0, 0.05) is 37.0 Å². The van der Waals surface area contributed by atoms with Gasteiger partial charge in [0.25, 0.3) is 0 Å². The average molecular weight is 403 g/mol. The molecule has 1 aromatic rings. The molecule has 3 heterocycles. The largest absolute Gasteiger partial charge is 0.472 e. The van der Waals surface area contributed by atoms with Crippen LogP contribution in [0.15, 0.2) is 12.1 Å². The minimum absolute atomic E-state index is 0.106. The molecular formula is C19H28F3N3O3. The number of hydrogen-bond acceptors (Lipinski definition) is 6. The monoisotopic (exact) mass is 403 g/mol. The number of halogens is 3. The number of alkyl halides is 3. The second-order valence-electron chi connectivity index (χ2n) is 8.18. The lowest BCUT2D eigenvalue weighted by Crippen LogP contribution is -2.54. The Morgan fingerprint density at radius 2 is 1.68 bits per heavy atom. The number of hydrogen-bond donors (Lipinski definition) is 0. The van der Waals surface area contributed by atoms with E-state index in [1.165, 1.54) is 4.90 Å². The van der Waals surface area contributed by atoms with Crippen LogP contribution >= 0.6 is 0 Å². The first-order chi connectivity index (χ1) is 13.0. The van der Waals surface area contributed by atoms with Crippen molar-refractivity contribution >= 4 is 11.5 Å². The maximum Gasteiger partial charge on any atom is 0.411 e. The summed E-state index contributed by atoms with van der Waals surface area (Å²) in [5, 5.41) is 0. The number of pyridine rings is 1. The highest BCUT2D eigenvalue weighted by Crippen LogP contribution is 2.35. The van der Waals surface area contributed by atoms with Crippen molar-refractivity contribution in [3.63, 3.8) is 0 Å². The van der Waals surface area contributed by atoms with Crippen LogP contribution in [0, 0.1) is 0 Å². The second-order valence-corrected chi connectivity index (χ2v) is 8.18. The molecule has 6 nitrogen and oxygen atoms in total. The van der Waals surface area contributed by atoms with Crippen LogP contribution in [0.2, 0.25) is 0 Å². The van der Waals surface area contributed by atoms with Gasteiger partial charge in [-0.15, -0.1) is 0 Å². The van der Waals surface area contributed by atoms with Crippen LogP contribution in [0.5, 0.6) is 5.88 Å². The molecule has 0 spiro atoms. The molecule has 2 atom stereocenters. The predicted molar refractivity (Wildman–Crippen MR) is 100 cm³/mol. The van der Waals surface area contributed by atoms with Gasteiger partial charge in [0.05, 0.1) is 26.4 Å². The molecule has 28 heavy (non-hydrogen) atoms. The van der Waals surface area contributed by atoms with Gasteiger partial charge in [-0.05, 0) is 27.7 Å². The van der Waals surface area contributed by atoms with Crippen LogP contribution in [-0.2, 0) is 9.47 Å². The van der Waals surface area contributed by atoms with Crippen molar-refractivity contribution in [1.82, 2.24) is 4.98 Å². The van der Waals surface area contributed by atoms with Crippen molar-refractivity contribution in [2.45, 2.75) is 51.6 Å². The standard InChI is InChI=1S/C19H28F3N3O3/c1-13-11-26-7-5-24(13)14-9-16(23-17(10-14)28-18(2,3)4)25-6-8-27-12-15(25)19(20,21)22/h9-10,13,15H,5-8,11-12H2,1-4H3. The highest BCUT2D eigenvalue weighted by atomic mass is 19.4. The molecule has 158 valence electrons. The van der Waals surface area contributed by atoms with E-state index in [0.717, 1.165) is 5.69 Å². The van der Waals surface area contributed by atoms with E-state index in [4.69, 9.17) is 14.2 Å². The molecule has 0 saturated carbocycles. The number of ether oxygens (including phenoxy) is 3. The second kappa shape index (κ2) is 7.94. The van der Waals surface area contributed by atoms with E-state index in [2.05, 4.69) is 9.88 Å². The molecule has 0 aromatic carbocycles. The summed E-state index contributed by atoms with van der Waals surface area (Å²) in [7, 11) is 0. The minimum Gasteiger partial charge on any atom is -0.472 e. The van der Waals surface area contributed by atoms with E-state index in [1.807, 2.05) is 27.7 Å². The van der Waals surface area contributed by atoms with E-state index in [-0.39, 0.29) is 25.0 Å². The third-order valence-electron chi connectivity index (χ3n) is 4.68. The molecule has 0 amide bonds. The van der Waals surface area contributed by atoms with Crippen molar-refractivity contribution in [1.29, 1.82) is 0 Å². The zero-order valence-electron chi connectivity index (χ0n) is 16.8. The topological polar surface area (TPSA) is 47.1 Å². The highest BCUT2D eigenvalue weighted by Gasteiger charge is 2.46. The van der Waals surface area contributed by atoms with Crippen molar-refractivity contribution in [3.8, 4) is 5.88 Å². The molecule has 9 heteroatoms. The lowest BCUT2D eigenvalue weighted by molar-refractivity contribution is -0.167. The summed E-state index contributed by atoms with van der Waals surface area (Å²) in [5.74, 6) is 0.562. The van der Waals surface area contributed by atoms with Gasteiger partial charge in [0.15, 0.2) is 0 Å². The van der Waals surface area contributed by atoms with Gasteiger partial charge < -0.3 is 24.0 Å². The molecule has 2 unspecified atom stereocenters. The summed E-state index contributed by atoms with van der Waals surface area (Å²) in [5.41, 5.74) is 0.265. The molecule has 0 radical (unpaired) electrons. The first kappa shape index (κ1) is 21.0. The van der Waals surface area contributed by atoms with Crippen molar-refractivity contribution in [2.24, 2.45) is 0 Å². The molecule has 2 fully saturated rings. The summed E-state index contributed by atoms with van der Waals surface area (Å²) < 4.78 is 57.2. The molecule has 1 aromatic heterocycles. The SMILES string of the molecule is CC1COCCN1c1cc(OC(C)(C)C)nc(N2CCOCC2C(F)(F)F)c1. The smallest absolute Gasteiger partial charge is 0.411 e. The van der Waals surface area contributed by atoms with Gasteiger partial charge in [-0.2, -0.15) is 18.2 Å². The lowest BCUT2D eigenvalue weighted by atomic mass is 10.1. The van der Waals surface area contributed by atoms with Crippen molar-refractivity contribution in [2.75, 3.05) is 49.3 Å². The average Bonchev–Trinajstić information content (AvgIpc) is 2.59. The fourth-order valence-corrected chi connectivity index (χ4v) is 3.42. The maximum atomic E-state index is 13.6. The molecule has 0 bridgehead atoms. The molecule has 0 aliphatic carbocycles. The summed E-state index contributed by atoms with van der Waals surface area (Å²) in [4.78, 5) is 7.81. The zero-order chi connectivity index (χ0) is 20.5. The molecular weight excluding hydrogens is 375 g/mol. The molecule has 2 saturated heterocycles.